The van der Waals surface area contributed by atoms with Gasteiger partial charge in [0.25, 0.3) is 0 Å². The van der Waals surface area contributed by atoms with Gasteiger partial charge in [0.1, 0.15) is 5.75 Å². The molecular formula is C23H22N2O. The standard InChI is InChI=1S/C23H22N2O/c26-23-18(12-13-20-21(23)17-10-4-5-11-19(17)24-20)22(25-14-6-7-15-25)16-8-2-1-3-9-16/h1-5,8-13,22,24,26H,6-7,14-15H2. The lowest BCUT2D eigenvalue weighted by molar-refractivity contribution is 0.276. The first kappa shape index (κ1) is 15.5. The number of para-hydroxylation sites is 1. The third kappa shape index (κ3) is 2.39. The van der Waals surface area contributed by atoms with Crippen molar-refractivity contribution < 1.29 is 5.11 Å². The molecule has 0 radical (unpaired) electrons. The molecule has 3 aromatic carbocycles. The van der Waals surface area contributed by atoms with Gasteiger partial charge in [-0.3, -0.25) is 4.90 Å². The third-order valence-corrected chi connectivity index (χ3v) is 5.59. The van der Waals surface area contributed by atoms with Gasteiger partial charge in [0, 0.05) is 21.9 Å². The summed E-state index contributed by atoms with van der Waals surface area (Å²) in [4.78, 5) is 5.91. The van der Waals surface area contributed by atoms with Crippen molar-refractivity contribution in [3.05, 3.63) is 77.9 Å². The summed E-state index contributed by atoms with van der Waals surface area (Å²) < 4.78 is 0. The number of H-pyrrole nitrogens is 1. The van der Waals surface area contributed by atoms with E-state index in [2.05, 4.69) is 58.4 Å². The molecule has 130 valence electrons. The first-order valence-electron chi connectivity index (χ1n) is 9.34. The molecule has 1 atom stereocenters. The van der Waals surface area contributed by atoms with Crippen molar-refractivity contribution >= 4 is 21.8 Å². The van der Waals surface area contributed by atoms with Gasteiger partial charge >= 0.3 is 0 Å². The zero-order valence-corrected chi connectivity index (χ0v) is 14.7. The number of aromatic nitrogens is 1. The van der Waals surface area contributed by atoms with E-state index >= 15 is 0 Å². The van der Waals surface area contributed by atoms with E-state index in [1.807, 2.05) is 18.2 Å². The van der Waals surface area contributed by atoms with Crippen LogP contribution < -0.4 is 0 Å². The highest BCUT2D eigenvalue weighted by molar-refractivity contribution is 6.10. The topological polar surface area (TPSA) is 39.3 Å². The molecule has 5 rings (SSSR count). The van der Waals surface area contributed by atoms with Gasteiger partial charge in [-0.1, -0.05) is 54.6 Å². The lowest BCUT2D eigenvalue weighted by Gasteiger charge is -2.29. The maximum absolute atomic E-state index is 11.3. The van der Waals surface area contributed by atoms with Gasteiger partial charge in [0.2, 0.25) is 0 Å². The van der Waals surface area contributed by atoms with E-state index in [0.717, 1.165) is 40.5 Å². The Balaban J connectivity index is 1.74. The van der Waals surface area contributed by atoms with Crippen molar-refractivity contribution in [1.29, 1.82) is 0 Å². The van der Waals surface area contributed by atoms with E-state index in [4.69, 9.17) is 0 Å². The average Bonchev–Trinajstić information content (AvgIpc) is 3.33. The predicted molar refractivity (Wildman–Crippen MR) is 107 cm³/mol. The Kier molecular flexibility index (Phi) is 3.68. The Morgan fingerprint density at radius 1 is 0.808 bits per heavy atom. The Morgan fingerprint density at radius 2 is 1.54 bits per heavy atom. The number of benzene rings is 3. The molecule has 4 aromatic rings. The fourth-order valence-corrected chi connectivity index (χ4v) is 4.38. The maximum Gasteiger partial charge on any atom is 0.130 e. The number of phenolic OH excluding ortho intramolecular Hbond substituents is 1. The number of hydrogen-bond donors (Lipinski definition) is 2. The van der Waals surface area contributed by atoms with E-state index in [-0.39, 0.29) is 6.04 Å². The van der Waals surface area contributed by atoms with E-state index in [1.165, 1.54) is 18.4 Å². The van der Waals surface area contributed by atoms with Crippen LogP contribution in [-0.2, 0) is 0 Å². The second-order valence-corrected chi connectivity index (χ2v) is 7.15. The van der Waals surface area contributed by atoms with Crippen LogP contribution in [0.4, 0.5) is 0 Å². The van der Waals surface area contributed by atoms with E-state index in [1.54, 1.807) is 0 Å². The zero-order chi connectivity index (χ0) is 17.5. The summed E-state index contributed by atoms with van der Waals surface area (Å²) in [5.41, 5.74) is 4.28. The molecular weight excluding hydrogens is 320 g/mol. The van der Waals surface area contributed by atoms with Crippen LogP contribution in [0, 0.1) is 0 Å². The lowest BCUT2D eigenvalue weighted by atomic mass is 9.94. The van der Waals surface area contributed by atoms with Crippen LogP contribution in [0.2, 0.25) is 0 Å². The average molecular weight is 342 g/mol. The molecule has 2 N–H and O–H groups in total. The van der Waals surface area contributed by atoms with Gasteiger partial charge in [-0.15, -0.1) is 0 Å². The minimum absolute atomic E-state index is 0.0942. The molecule has 0 aliphatic carbocycles. The van der Waals surface area contributed by atoms with Gasteiger partial charge in [0.15, 0.2) is 0 Å². The maximum atomic E-state index is 11.3. The second-order valence-electron chi connectivity index (χ2n) is 7.15. The quantitative estimate of drug-likeness (QED) is 0.536. The van der Waals surface area contributed by atoms with Crippen LogP contribution in [-0.4, -0.2) is 28.1 Å². The predicted octanol–water partition coefficient (Wildman–Crippen LogP) is 5.21. The number of rotatable bonds is 3. The number of aromatic hydroxyl groups is 1. The van der Waals surface area contributed by atoms with E-state index in [9.17, 15) is 5.11 Å². The largest absolute Gasteiger partial charge is 0.507 e. The SMILES string of the molecule is Oc1c(C(c2ccccc2)N2CCCC2)ccc2[nH]c3ccccc3c12. The summed E-state index contributed by atoms with van der Waals surface area (Å²) in [6.07, 6.45) is 2.44. The molecule has 0 saturated carbocycles. The number of aromatic amines is 1. The van der Waals surface area contributed by atoms with Gasteiger partial charge in [-0.2, -0.15) is 0 Å². The van der Waals surface area contributed by atoms with Crippen molar-refractivity contribution in [2.75, 3.05) is 13.1 Å². The summed E-state index contributed by atoms with van der Waals surface area (Å²) in [7, 11) is 0. The molecule has 1 saturated heterocycles. The van der Waals surface area contributed by atoms with Crippen LogP contribution in [0.1, 0.15) is 30.0 Å². The smallest absolute Gasteiger partial charge is 0.130 e. The Bertz CT molecular complexity index is 1060. The molecule has 26 heavy (non-hydrogen) atoms. The van der Waals surface area contributed by atoms with Crippen molar-refractivity contribution in [1.82, 2.24) is 9.88 Å². The molecule has 1 unspecified atom stereocenters. The van der Waals surface area contributed by atoms with E-state index in [0.29, 0.717) is 5.75 Å². The monoisotopic (exact) mass is 342 g/mol. The minimum Gasteiger partial charge on any atom is -0.507 e. The highest BCUT2D eigenvalue weighted by Crippen LogP contribution is 2.42. The Morgan fingerprint density at radius 3 is 2.35 bits per heavy atom. The molecule has 3 heteroatoms. The molecule has 1 aliphatic heterocycles. The van der Waals surface area contributed by atoms with Crippen LogP contribution in [0.15, 0.2) is 66.7 Å². The van der Waals surface area contributed by atoms with E-state index < -0.39 is 0 Å². The number of nitrogens with zero attached hydrogens (tertiary/aromatic N) is 1. The lowest BCUT2D eigenvalue weighted by Crippen LogP contribution is -2.26. The second kappa shape index (κ2) is 6.19. The van der Waals surface area contributed by atoms with Crippen molar-refractivity contribution in [2.45, 2.75) is 18.9 Å². The summed E-state index contributed by atoms with van der Waals surface area (Å²) in [6, 6.07) is 23.0. The molecule has 3 nitrogen and oxygen atoms in total. The van der Waals surface area contributed by atoms with Gasteiger partial charge < -0.3 is 10.1 Å². The molecule has 0 bridgehead atoms. The normalized spacial score (nSPS) is 16.5. The number of fused-ring (bicyclic) bond motifs is 3. The highest BCUT2D eigenvalue weighted by Gasteiger charge is 2.28. The number of phenols is 1. The minimum atomic E-state index is 0.0942. The van der Waals surface area contributed by atoms with Crippen LogP contribution in [0.3, 0.4) is 0 Å². The fraction of sp³-hybridized carbons (Fsp3) is 0.217. The first-order valence-corrected chi connectivity index (χ1v) is 9.34. The van der Waals surface area contributed by atoms with Crippen LogP contribution in [0.25, 0.3) is 21.8 Å². The summed E-state index contributed by atoms with van der Waals surface area (Å²) >= 11 is 0. The Hall–Kier alpha value is -2.78. The van der Waals surface area contributed by atoms with Crippen molar-refractivity contribution in [3.63, 3.8) is 0 Å². The summed E-state index contributed by atoms with van der Waals surface area (Å²) in [6.45, 7) is 2.15. The summed E-state index contributed by atoms with van der Waals surface area (Å²) in [5.74, 6) is 0.403. The molecule has 1 aromatic heterocycles. The first-order chi connectivity index (χ1) is 12.8. The molecule has 0 spiro atoms. The van der Waals surface area contributed by atoms with Crippen molar-refractivity contribution in [3.8, 4) is 5.75 Å². The van der Waals surface area contributed by atoms with Crippen LogP contribution >= 0.6 is 0 Å². The van der Waals surface area contributed by atoms with Gasteiger partial charge in [-0.05, 0) is 43.6 Å². The molecule has 1 fully saturated rings. The van der Waals surface area contributed by atoms with Gasteiger partial charge in [-0.25, -0.2) is 0 Å². The highest BCUT2D eigenvalue weighted by atomic mass is 16.3. The molecule has 2 heterocycles. The number of likely N-dealkylation sites (tertiary alicyclic amines) is 1. The molecule has 1 aliphatic rings. The summed E-state index contributed by atoms with van der Waals surface area (Å²) in [5, 5.41) is 13.3. The number of hydrogen-bond acceptors (Lipinski definition) is 2. The third-order valence-electron chi connectivity index (χ3n) is 5.59. The number of nitrogens with one attached hydrogen (secondary N) is 1. The van der Waals surface area contributed by atoms with Crippen LogP contribution in [0.5, 0.6) is 5.75 Å². The Labute approximate surface area is 152 Å². The fourth-order valence-electron chi connectivity index (χ4n) is 4.38. The van der Waals surface area contributed by atoms with Crippen molar-refractivity contribution in [2.24, 2.45) is 0 Å². The zero-order valence-electron chi connectivity index (χ0n) is 14.7. The van der Waals surface area contributed by atoms with Gasteiger partial charge in [0.05, 0.1) is 11.6 Å². The molecule has 0 amide bonds.